The van der Waals surface area contributed by atoms with Crippen LogP contribution in [0.5, 0.6) is 0 Å². The van der Waals surface area contributed by atoms with Crippen molar-refractivity contribution in [2.45, 2.75) is 0 Å². The minimum Gasteiger partial charge on any atom is -0.364 e. The Labute approximate surface area is 89.2 Å². The van der Waals surface area contributed by atoms with Crippen molar-refractivity contribution in [2.75, 3.05) is 0 Å². The summed E-state index contributed by atoms with van der Waals surface area (Å²) in [4.78, 5) is 26.5. The van der Waals surface area contributed by atoms with Gasteiger partial charge in [0.1, 0.15) is 0 Å². The molecule has 0 fully saturated rings. The lowest BCUT2D eigenvalue weighted by Gasteiger charge is -1.80. The second-order valence-corrected chi connectivity index (χ2v) is 2.52. The molecule has 0 aliphatic carbocycles. The van der Waals surface area contributed by atoms with Crippen LogP contribution < -0.4 is 11.5 Å². The summed E-state index contributed by atoms with van der Waals surface area (Å²) in [5, 5.41) is 8.95. The van der Waals surface area contributed by atoms with E-state index in [4.69, 9.17) is 11.5 Å². The number of nitrogens with one attached hydrogen (secondary N) is 2. The third kappa shape index (κ3) is 3.21. The van der Waals surface area contributed by atoms with Gasteiger partial charge in [0.15, 0.2) is 11.5 Å². The molecule has 16 heavy (non-hydrogen) atoms. The molecule has 2 rings (SSSR count). The SMILES string of the molecule is NC(=O)c1c[nH]nn1.NC(=O)c1ncc[nH]1. The molecule has 0 bridgehead atoms. The van der Waals surface area contributed by atoms with Crippen molar-refractivity contribution in [3.8, 4) is 0 Å². The van der Waals surface area contributed by atoms with E-state index in [0.717, 1.165) is 0 Å². The molecule has 2 heterocycles. The molecule has 0 saturated heterocycles. The van der Waals surface area contributed by atoms with Gasteiger partial charge < -0.3 is 16.5 Å². The summed E-state index contributed by atoms with van der Waals surface area (Å²) in [6, 6.07) is 0. The van der Waals surface area contributed by atoms with Gasteiger partial charge in [-0.1, -0.05) is 5.21 Å². The maximum Gasteiger partial charge on any atom is 0.284 e. The Balaban J connectivity index is 0.000000160. The van der Waals surface area contributed by atoms with Crippen molar-refractivity contribution in [1.82, 2.24) is 25.4 Å². The molecule has 84 valence electrons. The number of nitrogens with two attached hydrogens (primary N) is 2. The van der Waals surface area contributed by atoms with Gasteiger partial charge in [-0.05, 0) is 0 Å². The van der Waals surface area contributed by atoms with Crippen LogP contribution in [0.15, 0.2) is 18.6 Å². The summed E-state index contributed by atoms with van der Waals surface area (Å²) in [7, 11) is 0. The van der Waals surface area contributed by atoms with Crippen molar-refractivity contribution in [1.29, 1.82) is 0 Å². The molecule has 0 atom stereocenters. The predicted octanol–water partition coefficient (Wildman–Crippen LogP) is -1.59. The third-order valence-electron chi connectivity index (χ3n) is 1.40. The third-order valence-corrected chi connectivity index (χ3v) is 1.40. The van der Waals surface area contributed by atoms with Gasteiger partial charge in [0.2, 0.25) is 0 Å². The molecule has 0 aliphatic rings. The number of nitrogens with zero attached hydrogens (tertiary/aromatic N) is 3. The molecular formula is C7H9N7O2. The lowest BCUT2D eigenvalue weighted by molar-refractivity contribution is 0.0985. The largest absolute Gasteiger partial charge is 0.364 e. The van der Waals surface area contributed by atoms with Gasteiger partial charge in [0.05, 0.1) is 6.20 Å². The number of carbonyl (C=O) groups excluding carboxylic acids is 2. The van der Waals surface area contributed by atoms with Crippen molar-refractivity contribution >= 4 is 11.8 Å². The minimum atomic E-state index is -0.571. The van der Waals surface area contributed by atoms with Gasteiger partial charge in [-0.15, -0.1) is 5.10 Å². The van der Waals surface area contributed by atoms with Crippen LogP contribution in [0.1, 0.15) is 21.1 Å². The Morgan fingerprint density at radius 2 is 2.00 bits per heavy atom. The highest BCUT2D eigenvalue weighted by atomic mass is 16.1. The number of H-pyrrole nitrogens is 2. The van der Waals surface area contributed by atoms with Gasteiger partial charge >= 0.3 is 0 Å². The van der Waals surface area contributed by atoms with Crippen LogP contribution in [0.25, 0.3) is 0 Å². The number of primary amides is 2. The second-order valence-electron chi connectivity index (χ2n) is 2.52. The topological polar surface area (TPSA) is 156 Å². The normalized spacial score (nSPS) is 9.00. The van der Waals surface area contributed by atoms with E-state index >= 15 is 0 Å². The van der Waals surface area contributed by atoms with E-state index in [1.165, 1.54) is 12.4 Å². The quantitative estimate of drug-likeness (QED) is 0.482. The maximum atomic E-state index is 10.2. The molecular weight excluding hydrogens is 214 g/mol. The predicted molar refractivity (Wildman–Crippen MR) is 52.0 cm³/mol. The molecule has 2 aromatic heterocycles. The molecule has 9 nitrogen and oxygen atoms in total. The fourth-order valence-electron chi connectivity index (χ4n) is 0.722. The van der Waals surface area contributed by atoms with E-state index in [1.807, 2.05) is 0 Å². The van der Waals surface area contributed by atoms with Gasteiger partial charge in [-0.25, -0.2) is 4.98 Å². The van der Waals surface area contributed by atoms with Crippen molar-refractivity contribution in [3.63, 3.8) is 0 Å². The smallest absolute Gasteiger partial charge is 0.284 e. The van der Waals surface area contributed by atoms with E-state index in [9.17, 15) is 9.59 Å². The number of rotatable bonds is 2. The average Bonchev–Trinajstić information content (AvgIpc) is 2.93. The summed E-state index contributed by atoms with van der Waals surface area (Å²) >= 11 is 0. The van der Waals surface area contributed by atoms with E-state index in [0.29, 0.717) is 0 Å². The highest BCUT2D eigenvalue weighted by Crippen LogP contribution is 1.82. The first-order valence-electron chi connectivity index (χ1n) is 4.06. The van der Waals surface area contributed by atoms with E-state index in [2.05, 4.69) is 25.4 Å². The molecule has 0 aromatic carbocycles. The van der Waals surface area contributed by atoms with Gasteiger partial charge in [-0.3, -0.25) is 14.7 Å². The summed E-state index contributed by atoms with van der Waals surface area (Å²) in [6.45, 7) is 0. The van der Waals surface area contributed by atoms with Crippen molar-refractivity contribution in [2.24, 2.45) is 11.5 Å². The zero-order chi connectivity index (χ0) is 12.0. The number of imidazole rings is 1. The molecule has 0 unspecified atom stereocenters. The zero-order valence-electron chi connectivity index (χ0n) is 8.04. The maximum absolute atomic E-state index is 10.2. The molecule has 9 heteroatoms. The number of amides is 2. The Morgan fingerprint density at radius 1 is 1.25 bits per heavy atom. The van der Waals surface area contributed by atoms with Gasteiger partial charge in [0.25, 0.3) is 11.8 Å². The standard InChI is InChI=1S/C4H5N3O.C3H4N4O/c5-3(8)4-6-1-2-7-4;4-3(8)2-1-5-7-6-2/h1-2H,(H2,5,8)(H,6,7);1H,(H2,4,8)(H,5,6,7). The highest BCUT2D eigenvalue weighted by Gasteiger charge is 1.99. The first-order valence-corrected chi connectivity index (χ1v) is 4.06. The van der Waals surface area contributed by atoms with Crippen LogP contribution in [0, 0.1) is 0 Å². The number of carbonyl (C=O) groups is 2. The van der Waals surface area contributed by atoms with Crippen LogP contribution in [-0.4, -0.2) is 37.2 Å². The summed E-state index contributed by atoms with van der Waals surface area (Å²) < 4.78 is 0. The number of aromatic amines is 2. The average molecular weight is 223 g/mol. The first kappa shape index (κ1) is 11.4. The van der Waals surface area contributed by atoms with Crippen molar-refractivity contribution < 1.29 is 9.59 Å². The molecule has 6 N–H and O–H groups in total. The van der Waals surface area contributed by atoms with Crippen LogP contribution in [0.4, 0.5) is 0 Å². The van der Waals surface area contributed by atoms with E-state index < -0.39 is 11.8 Å². The van der Waals surface area contributed by atoms with Crippen LogP contribution in [0.2, 0.25) is 0 Å². The second kappa shape index (κ2) is 5.24. The fraction of sp³-hybridized carbons (Fsp3) is 0. The first-order chi connectivity index (χ1) is 7.61. The molecule has 0 saturated carbocycles. The van der Waals surface area contributed by atoms with E-state index in [-0.39, 0.29) is 11.5 Å². The fourth-order valence-corrected chi connectivity index (χ4v) is 0.722. The molecule has 2 amide bonds. The number of hydrogen-bond donors (Lipinski definition) is 4. The summed E-state index contributed by atoms with van der Waals surface area (Å²) in [6.07, 6.45) is 4.35. The van der Waals surface area contributed by atoms with Crippen LogP contribution in [-0.2, 0) is 0 Å². The van der Waals surface area contributed by atoms with E-state index in [1.54, 1.807) is 6.20 Å². The molecule has 0 aliphatic heterocycles. The van der Waals surface area contributed by atoms with Crippen molar-refractivity contribution in [3.05, 3.63) is 30.1 Å². The monoisotopic (exact) mass is 223 g/mol. The summed E-state index contributed by atoms with van der Waals surface area (Å²) in [5.74, 6) is -0.904. The Morgan fingerprint density at radius 3 is 2.25 bits per heavy atom. The molecule has 0 spiro atoms. The summed E-state index contributed by atoms with van der Waals surface area (Å²) in [5.41, 5.74) is 9.78. The Bertz CT molecular complexity index is 403. The Hall–Kier alpha value is -2.71. The zero-order valence-corrected chi connectivity index (χ0v) is 8.04. The number of hydrogen-bond acceptors (Lipinski definition) is 5. The van der Waals surface area contributed by atoms with Crippen LogP contribution >= 0.6 is 0 Å². The van der Waals surface area contributed by atoms with Gasteiger partial charge in [-0.2, -0.15) is 0 Å². The van der Waals surface area contributed by atoms with Crippen LogP contribution in [0.3, 0.4) is 0 Å². The van der Waals surface area contributed by atoms with Gasteiger partial charge in [0, 0.05) is 12.4 Å². The lowest BCUT2D eigenvalue weighted by atomic mass is 10.5. The lowest BCUT2D eigenvalue weighted by Crippen LogP contribution is -2.12. The molecule has 2 aromatic rings. The minimum absolute atomic E-state index is 0.157. The molecule has 0 radical (unpaired) electrons. The Kier molecular flexibility index (Phi) is 3.72. The highest BCUT2D eigenvalue weighted by molar-refractivity contribution is 5.90. The number of aromatic nitrogens is 5.